The summed E-state index contributed by atoms with van der Waals surface area (Å²) in [7, 11) is 0. The SMILES string of the molecule is CCOc1cc(/C=C2/C(=N)N3OC(C)=CC3=NC2=O)cc(Cl)c1OCCOc1cc(C)ccc1C. The maximum atomic E-state index is 12.5. The Morgan fingerprint density at radius 3 is 2.63 bits per heavy atom. The molecule has 0 unspecified atom stereocenters. The first-order chi connectivity index (χ1) is 16.8. The first-order valence-corrected chi connectivity index (χ1v) is 11.5. The Hall–Kier alpha value is -3.78. The number of allylic oxidation sites excluding steroid dienone is 1. The molecule has 0 saturated heterocycles. The van der Waals surface area contributed by atoms with Crippen LogP contribution in [0, 0.1) is 19.3 Å². The van der Waals surface area contributed by atoms with Crippen LogP contribution in [-0.4, -0.2) is 42.5 Å². The fraction of sp³-hybridized carbons (Fsp3) is 0.269. The van der Waals surface area contributed by atoms with Crippen molar-refractivity contribution in [1.82, 2.24) is 5.06 Å². The smallest absolute Gasteiger partial charge is 0.282 e. The summed E-state index contributed by atoms with van der Waals surface area (Å²) in [6.07, 6.45) is 3.13. The van der Waals surface area contributed by atoms with E-state index < -0.39 is 5.91 Å². The van der Waals surface area contributed by atoms with Gasteiger partial charge in [-0.2, -0.15) is 4.99 Å². The Morgan fingerprint density at radius 1 is 1.09 bits per heavy atom. The number of hydroxylamine groups is 2. The number of amides is 1. The molecule has 4 rings (SSSR count). The van der Waals surface area contributed by atoms with Crippen molar-refractivity contribution < 1.29 is 23.8 Å². The molecular weight excluding hydrogens is 470 g/mol. The van der Waals surface area contributed by atoms with Crippen LogP contribution in [0.25, 0.3) is 6.08 Å². The lowest BCUT2D eigenvalue weighted by atomic mass is 10.1. The molecule has 2 aliphatic rings. The van der Waals surface area contributed by atoms with Gasteiger partial charge in [0.15, 0.2) is 23.2 Å². The van der Waals surface area contributed by atoms with E-state index in [1.807, 2.05) is 39.0 Å². The third kappa shape index (κ3) is 5.33. The summed E-state index contributed by atoms with van der Waals surface area (Å²) in [4.78, 5) is 22.0. The fourth-order valence-electron chi connectivity index (χ4n) is 3.60. The first-order valence-electron chi connectivity index (χ1n) is 11.2. The molecule has 0 spiro atoms. The summed E-state index contributed by atoms with van der Waals surface area (Å²) in [6.45, 7) is 8.55. The van der Waals surface area contributed by atoms with Crippen LogP contribution in [0.1, 0.15) is 30.5 Å². The number of hydrogen-bond donors (Lipinski definition) is 1. The zero-order chi connectivity index (χ0) is 25.1. The number of ether oxygens (including phenoxy) is 3. The lowest BCUT2D eigenvalue weighted by molar-refractivity contribution is -0.114. The van der Waals surface area contributed by atoms with Gasteiger partial charge in [-0.25, -0.2) is 0 Å². The molecule has 0 fully saturated rings. The number of carbonyl (C=O) groups excluding carboxylic acids is 1. The molecule has 0 saturated carbocycles. The van der Waals surface area contributed by atoms with E-state index in [0.717, 1.165) is 16.9 Å². The monoisotopic (exact) mass is 495 g/mol. The predicted molar refractivity (Wildman–Crippen MR) is 134 cm³/mol. The number of hydrogen-bond acceptors (Lipinski definition) is 6. The van der Waals surface area contributed by atoms with Crippen LogP contribution in [0.15, 0.2) is 52.7 Å². The van der Waals surface area contributed by atoms with Gasteiger partial charge < -0.3 is 19.0 Å². The second-order valence-corrected chi connectivity index (χ2v) is 8.46. The normalized spacial score (nSPS) is 16.0. The number of aliphatic imine (C=N–C) groups is 1. The van der Waals surface area contributed by atoms with Gasteiger partial charge in [-0.3, -0.25) is 10.2 Å². The first kappa shape index (κ1) is 24.3. The number of carbonyl (C=O) groups is 1. The van der Waals surface area contributed by atoms with Gasteiger partial charge in [-0.05, 0) is 68.7 Å². The molecule has 2 aliphatic heterocycles. The maximum absolute atomic E-state index is 12.5. The van der Waals surface area contributed by atoms with Crippen LogP contribution in [-0.2, 0) is 9.63 Å². The number of fused-ring (bicyclic) bond motifs is 1. The summed E-state index contributed by atoms with van der Waals surface area (Å²) in [5.41, 5.74) is 2.80. The van der Waals surface area contributed by atoms with E-state index in [2.05, 4.69) is 4.99 Å². The summed E-state index contributed by atoms with van der Waals surface area (Å²) < 4.78 is 17.5. The lowest BCUT2D eigenvalue weighted by Gasteiger charge is -2.23. The molecule has 35 heavy (non-hydrogen) atoms. The van der Waals surface area contributed by atoms with E-state index in [4.69, 9.17) is 36.1 Å². The van der Waals surface area contributed by atoms with Crippen LogP contribution >= 0.6 is 11.6 Å². The molecule has 8 nitrogen and oxygen atoms in total. The number of nitrogens with one attached hydrogen (secondary N) is 1. The summed E-state index contributed by atoms with van der Waals surface area (Å²) >= 11 is 6.53. The summed E-state index contributed by atoms with van der Waals surface area (Å²) in [6, 6.07) is 9.38. The van der Waals surface area contributed by atoms with E-state index in [1.54, 1.807) is 25.1 Å². The molecule has 1 N–H and O–H groups in total. The molecule has 9 heteroatoms. The average Bonchev–Trinajstić information content (AvgIpc) is 3.18. The highest BCUT2D eigenvalue weighted by molar-refractivity contribution is 6.33. The van der Waals surface area contributed by atoms with E-state index in [1.165, 1.54) is 11.1 Å². The molecule has 0 radical (unpaired) electrons. The minimum absolute atomic E-state index is 0.0750. The van der Waals surface area contributed by atoms with E-state index >= 15 is 0 Å². The van der Waals surface area contributed by atoms with Gasteiger partial charge in [-0.1, -0.05) is 23.7 Å². The number of benzene rings is 2. The minimum Gasteiger partial charge on any atom is -0.490 e. The van der Waals surface area contributed by atoms with E-state index in [9.17, 15) is 4.79 Å². The molecule has 2 heterocycles. The maximum Gasteiger partial charge on any atom is 0.282 e. The third-order valence-corrected chi connectivity index (χ3v) is 5.53. The van der Waals surface area contributed by atoms with Crippen LogP contribution in [0.3, 0.4) is 0 Å². The number of nitrogens with zero attached hydrogens (tertiary/aromatic N) is 2. The highest BCUT2D eigenvalue weighted by atomic mass is 35.5. The Bertz CT molecular complexity index is 1280. The molecular formula is C26H26ClN3O5. The number of rotatable bonds is 8. The van der Waals surface area contributed by atoms with Crippen molar-refractivity contribution in [3.8, 4) is 17.2 Å². The molecule has 2 aromatic rings. The second kappa shape index (κ2) is 10.2. The van der Waals surface area contributed by atoms with Gasteiger partial charge in [0, 0.05) is 6.08 Å². The lowest BCUT2D eigenvalue weighted by Crippen LogP contribution is -2.38. The Balaban J connectivity index is 1.51. The van der Waals surface area contributed by atoms with Crippen molar-refractivity contribution in [1.29, 1.82) is 5.41 Å². The molecule has 0 atom stereocenters. The standard InChI is InChI=1S/C26H26ClN3O5/c1-5-32-22-14-18(12-19-25(28)30-23(29-26(19)31)11-17(4)35-30)13-20(27)24(22)34-9-8-33-21-10-15(2)6-7-16(21)3/h6-7,10-14,28H,5,8-9H2,1-4H3/b19-12-,28-25?. The highest BCUT2D eigenvalue weighted by Gasteiger charge is 2.34. The third-order valence-electron chi connectivity index (χ3n) is 5.25. The van der Waals surface area contributed by atoms with Crippen LogP contribution < -0.4 is 14.2 Å². The number of aryl methyl sites for hydroxylation is 2. The second-order valence-electron chi connectivity index (χ2n) is 8.05. The van der Waals surface area contributed by atoms with Crippen molar-refractivity contribution in [3.05, 3.63) is 69.5 Å². The molecule has 1 amide bonds. The van der Waals surface area contributed by atoms with Crippen LogP contribution in [0.5, 0.6) is 17.2 Å². The quantitative estimate of drug-likeness (QED) is 0.396. The van der Waals surface area contributed by atoms with Crippen LogP contribution in [0.2, 0.25) is 5.02 Å². The van der Waals surface area contributed by atoms with Gasteiger partial charge in [0.1, 0.15) is 24.7 Å². The Labute approximate surface area is 208 Å². The van der Waals surface area contributed by atoms with Crippen LogP contribution in [0.4, 0.5) is 0 Å². The predicted octanol–water partition coefficient (Wildman–Crippen LogP) is 5.26. The number of amidine groups is 2. The topological polar surface area (TPSA) is 93.4 Å². The minimum atomic E-state index is -0.534. The van der Waals surface area contributed by atoms with E-state index in [0.29, 0.717) is 41.1 Å². The Kier molecular flexibility index (Phi) is 7.12. The van der Waals surface area contributed by atoms with Gasteiger partial charge >= 0.3 is 0 Å². The van der Waals surface area contributed by atoms with Crippen molar-refractivity contribution in [3.63, 3.8) is 0 Å². The Morgan fingerprint density at radius 2 is 1.86 bits per heavy atom. The van der Waals surface area contributed by atoms with Gasteiger partial charge in [0.25, 0.3) is 5.91 Å². The molecule has 2 aromatic carbocycles. The van der Waals surface area contributed by atoms with Gasteiger partial charge in [-0.15, -0.1) is 5.06 Å². The van der Waals surface area contributed by atoms with Crippen molar-refractivity contribution in [2.75, 3.05) is 19.8 Å². The van der Waals surface area contributed by atoms with Gasteiger partial charge in [0.2, 0.25) is 0 Å². The molecule has 0 bridgehead atoms. The average molecular weight is 496 g/mol. The zero-order valence-electron chi connectivity index (χ0n) is 20.0. The molecule has 0 aromatic heterocycles. The summed E-state index contributed by atoms with van der Waals surface area (Å²) in [5.74, 6) is 1.81. The summed E-state index contributed by atoms with van der Waals surface area (Å²) in [5, 5.41) is 9.90. The number of halogens is 1. The fourth-order valence-corrected chi connectivity index (χ4v) is 3.87. The van der Waals surface area contributed by atoms with Gasteiger partial charge in [0.05, 0.1) is 17.2 Å². The highest BCUT2D eigenvalue weighted by Crippen LogP contribution is 2.38. The zero-order valence-corrected chi connectivity index (χ0v) is 20.7. The molecule has 182 valence electrons. The molecule has 0 aliphatic carbocycles. The van der Waals surface area contributed by atoms with Crippen molar-refractivity contribution in [2.24, 2.45) is 4.99 Å². The largest absolute Gasteiger partial charge is 0.490 e. The van der Waals surface area contributed by atoms with E-state index in [-0.39, 0.29) is 23.9 Å². The van der Waals surface area contributed by atoms with Crippen molar-refractivity contribution in [2.45, 2.75) is 27.7 Å². The van der Waals surface area contributed by atoms with Crippen molar-refractivity contribution >= 4 is 35.3 Å².